The molecule has 0 saturated carbocycles. The molecule has 0 fully saturated rings. The van der Waals surface area contributed by atoms with Crippen molar-refractivity contribution in [1.29, 1.82) is 0 Å². The molecule has 0 aromatic heterocycles. The molecule has 31 heavy (non-hydrogen) atoms. The van der Waals surface area contributed by atoms with Crippen LogP contribution in [0.2, 0.25) is 0 Å². The van der Waals surface area contributed by atoms with Crippen LogP contribution in [0.15, 0.2) is 24.3 Å². The van der Waals surface area contributed by atoms with Crippen molar-refractivity contribution in [2.45, 2.75) is 50.5 Å². The Balaban J connectivity index is 2.95. The van der Waals surface area contributed by atoms with Gasteiger partial charge in [-0.15, -0.1) is 0 Å². The molecule has 9 N–H and O–H groups in total. The molecule has 0 aliphatic rings. The number of carbonyl (C=O) groups is 4. The Morgan fingerprint density at radius 3 is 1.97 bits per heavy atom. The van der Waals surface area contributed by atoms with Crippen LogP contribution < -0.4 is 21.7 Å². The molecule has 0 aliphatic heterocycles. The van der Waals surface area contributed by atoms with E-state index in [0.29, 0.717) is 5.56 Å². The number of nitrogens with one attached hydrogen (secondary N) is 3. The summed E-state index contributed by atoms with van der Waals surface area (Å²) in [5, 5.41) is 43.8. The highest BCUT2D eigenvalue weighted by Gasteiger charge is 2.29. The summed E-state index contributed by atoms with van der Waals surface area (Å²) >= 11 is 0. The fourth-order valence-corrected chi connectivity index (χ4v) is 2.43. The maximum absolute atomic E-state index is 12.6. The van der Waals surface area contributed by atoms with Crippen LogP contribution in [0.25, 0.3) is 0 Å². The van der Waals surface area contributed by atoms with E-state index in [1.54, 1.807) is 0 Å². The first-order chi connectivity index (χ1) is 14.5. The maximum Gasteiger partial charge on any atom is 0.328 e. The number of aliphatic hydroxyl groups is 2. The van der Waals surface area contributed by atoms with Crippen molar-refractivity contribution in [2.75, 3.05) is 6.61 Å². The van der Waals surface area contributed by atoms with Gasteiger partial charge in [-0.25, -0.2) is 4.79 Å². The number of aromatic hydroxyl groups is 1. The number of carboxylic acids is 1. The van der Waals surface area contributed by atoms with Gasteiger partial charge >= 0.3 is 5.97 Å². The summed E-state index contributed by atoms with van der Waals surface area (Å²) in [5.41, 5.74) is 6.06. The van der Waals surface area contributed by atoms with Crippen LogP contribution in [0.4, 0.5) is 0 Å². The minimum atomic E-state index is -1.58. The summed E-state index contributed by atoms with van der Waals surface area (Å²) in [4.78, 5) is 48.1. The molecular weight excluding hydrogens is 412 g/mol. The highest BCUT2D eigenvalue weighted by atomic mass is 16.4. The topological polar surface area (TPSA) is 211 Å². The number of carboxylic acid groups (broad SMARTS) is 1. The Bertz CT molecular complexity index is 784. The number of aliphatic hydroxyl groups excluding tert-OH is 2. The lowest BCUT2D eigenvalue weighted by Gasteiger charge is -2.24. The van der Waals surface area contributed by atoms with Gasteiger partial charge in [0.1, 0.15) is 29.9 Å². The quantitative estimate of drug-likeness (QED) is 0.178. The highest BCUT2D eigenvalue weighted by Crippen LogP contribution is 2.12. The van der Waals surface area contributed by atoms with Crippen molar-refractivity contribution in [2.24, 2.45) is 5.73 Å². The normalized spacial score (nSPS) is 15.6. The highest BCUT2D eigenvalue weighted by molar-refractivity contribution is 5.94. The van der Waals surface area contributed by atoms with Gasteiger partial charge in [-0.2, -0.15) is 0 Å². The fourth-order valence-electron chi connectivity index (χ4n) is 2.43. The number of rotatable bonds is 11. The van der Waals surface area contributed by atoms with E-state index < -0.39 is 60.6 Å². The van der Waals surface area contributed by atoms with Crippen molar-refractivity contribution in [1.82, 2.24) is 16.0 Å². The summed E-state index contributed by atoms with van der Waals surface area (Å²) in [6.45, 7) is 1.79. The fraction of sp³-hybridized carbons (Fsp3) is 0.474. The van der Waals surface area contributed by atoms with Gasteiger partial charge in [0, 0.05) is 6.42 Å². The predicted molar refractivity (Wildman–Crippen MR) is 108 cm³/mol. The molecule has 12 heteroatoms. The zero-order chi connectivity index (χ0) is 23.7. The van der Waals surface area contributed by atoms with Gasteiger partial charge in [-0.1, -0.05) is 12.1 Å². The first-order valence-electron chi connectivity index (χ1n) is 9.42. The first kappa shape index (κ1) is 25.8. The smallest absolute Gasteiger partial charge is 0.328 e. The van der Waals surface area contributed by atoms with Crippen LogP contribution in [-0.4, -0.2) is 81.0 Å². The SMILES string of the molecule is CC(NC(=O)C(N)C(C)O)C(=O)NC(Cc1ccc(O)cc1)C(=O)NC(CO)C(=O)O. The number of hydrogen-bond acceptors (Lipinski definition) is 8. The zero-order valence-electron chi connectivity index (χ0n) is 17.1. The molecule has 0 bridgehead atoms. The van der Waals surface area contributed by atoms with E-state index in [0.717, 1.165) is 0 Å². The van der Waals surface area contributed by atoms with Crippen molar-refractivity contribution in [3.8, 4) is 5.75 Å². The third-order valence-electron chi connectivity index (χ3n) is 4.38. The lowest BCUT2D eigenvalue weighted by Crippen LogP contribution is -2.58. The molecule has 0 heterocycles. The third-order valence-corrected chi connectivity index (χ3v) is 4.38. The summed E-state index contributed by atoms with van der Waals surface area (Å²) in [6.07, 6.45) is -1.21. The molecule has 1 rings (SSSR count). The molecule has 0 aliphatic carbocycles. The predicted octanol–water partition coefficient (Wildman–Crippen LogP) is -2.81. The van der Waals surface area contributed by atoms with Gasteiger partial charge in [-0.05, 0) is 31.5 Å². The number of aliphatic carboxylic acids is 1. The van der Waals surface area contributed by atoms with Gasteiger partial charge in [0.25, 0.3) is 0 Å². The van der Waals surface area contributed by atoms with E-state index in [4.69, 9.17) is 15.9 Å². The minimum Gasteiger partial charge on any atom is -0.508 e. The Labute approximate surface area is 178 Å². The van der Waals surface area contributed by atoms with Crippen LogP contribution in [0.5, 0.6) is 5.75 Å². The number of phenolic OH excluding ortho intramolecular Hbond substituents is 1. The van der Waals surface area contributed by atoms with E-state index in [-0.39, 0.29) is 12.2 Å². The molecular formula is C19H28N4O8. The summed E-state index contributed by atoms with van der Waals surface area (Å²) in [5.74, 6) is -3.88. The van der Waals surface area contributed by atoms with E-state index in [1.807, 2.05) is 0 Å². The first-order valence-corrected chi connectivity index (χ1v) is 9.42. The van der Waals surface area contributed by atoms with Crippen LogP contribution in [0.3, 0.4) is 0 Å². The van der Waals surface area contributed by atoms with Crippen LogP contribution >= 0.6 is 0 Å². The van der Waals surface area contributed by atoms with Gasteiger partial charge in [-0.3, -0.25) is 14.4 Å². The van der Waals surface area contributed by atoms with E-state index in [9.17, 15) is 29.4 Å². The summed E-state index contributed by atoms with van der Waals surface area (Å²) in [6, 6.07) is 0.557. The van der Waals surface area contributed by atoms with Crippen molar-refractivity contribution < 1.29 is 39.6 Å². The Kier molecular flexibility index (Phi) is 9.86. The van der Waals surface area contributed by atoms with Crippen molar-refractivity contribution in [3.63, 3.8) is 0 Å². The average molecular weight is 440 g/mol. The van der Waals surface area contributed by atoms with E-state index >= 15 is 0 Å². The van der Waals surface area contributed by atoms with Crippen LogP contribution in [0, 0.1) is 0 Å². The second-order valence-electron chi connectivity index (χ2n) is 7.01. The number of benzene rings is 1. The van der Waals surface area contributed by atoms with Crippen molar-refractivity contribution >= 4 is 23.7 Å². The van der Waals surface area contributed by atoms with Gasteiger partial charge in [0.15, 0.2) is 0 Å². The van der Waals surface area contributed by atoms with E-state index in [2.05, 4.69) is 16.0 Å². The van der Waals surface area contributed by atoms with Gasteiger partial charge in [0.05, 0.1) is 12.7 Å². The number of amides is 3. The summed E-state index contributed by atoms with van der Waals surface area (Å²) < 4.78 is 0. The monoisotopic (exact) mass is 440 g/mol. The molecule has 172 valence electrons. The second kappa shape index (κ2) is 11.8. The lowest BCUT2D eigenvalue weighted by molar-refractivity contribution is -0.143. The molecule has 3 amide bonds. The molecule has 5 unspecified atom stereocenters. The van der Waals surface area contributed by atoms with Crippen molar-refractivity contribution in [3.05, 3.63) is 29.8 Å². The number of hydrogen-bond donors (Lipinski definition) is 8. The van der Waals surface area contributed by atoms with Crippen LogP contribution in [-0.2, 0) is 25.6 Å². The Morgan fingerprint density at radius 1 is 0.935 bits per heavy atom. The largest absolute Gasteiger partial charge is 0.508 e. The Hall–Kier alpha value is -3.22. The molecule has 0 radical (unpaired) electrons. The standard InChI is InChI=1S/C19H28N4O8/c1-9(21-18(29)15(20)10(2)25)16(27)22-13(7-11-3-5-12(26)6-4-11)17(28)23-14(8-24)19(30)31/h3-6,9-10,13-15,24-26H,7-8,20H2,1-2H3,(H,21,29)(H,22,27)(H,23,28)(H,30,31). The van der Waals surface area contributed by atoms with E-state index in [1.165, 1.54) is 38.1 Å². The molecule has 5 atom stereocenters. The number of carbonyl (C=O) groups excluding carboxylic acids is 3. The number of nitrogens with two attached hydrogens (primary N) is 1. The second-order valence-corrected chi connectivity index (χ2v) is 7.01. The van der Waals surface area contributed by atoms with Gasteiger partial charge < -0.3 is 42.1 Å². The van der Waals surface area contributed by atoms with Gasteiger partial charge in [0.2, 0.25) is 17.7 Å². The average Bonchev–Trinajstić information content (AvgIpc) is 2.71. The molecule has 1 aromatic rings. The Morgan fingerprint density at radius 2 is 1.48 bits per heavy atom. The minimum absolute atomic E-state index is 0.00852. The molecule has 0 saturated heterocycles. The third kappa shape index (κ3) is 8.20. The summed E-state index contributed by atoms with van der Waals surface area (Å²) in [7, 11) is 0. The maximum atomic E-state index is 12.6. The molecule has 0 spiro atoms. The zero-order valence-corrected chi connectivity index (χ0v) is 17.1. The molecule has 12 nitrogen and oxygen atoms in total. The van der Waals surface area contributed by atoms with Crippen LogP contribution in [0.1, 0.15) is 19.4 Å². The number of phenols is 1. The lowest BCUT2D eigenvalue weighted by atomic mass is 10.0. The molecule has 1 aromatic carbocycles.